The van der Waals surface area contributed by atoms with Crippen molar-refractivity contribution in [3.63, 3.8) is 0 Å². The fourth-order valence-corrected chi connectivity index (χ4v) is 2.63. The summed E-state index contributed by atoms with van der Waals surface area (Å²) in [6, 6.07) is 7.31. The first-order chi connectivity index (χ1) is 11.1. The zero-order chi connectivity index (χ0) is 17.1. The highest BCUT2D eigenvalue weighted by molar-refractivity contribution is 14.1. The Morgan fingerprint density at radius 1 is 1.00 bits per heavy atom. The largest absolute Gasteiger partial charge is 0.348 e. The molecule has 1 aromatic carbocycles. The van der Waals surface area contributed by atoms with Gasteiger partial charge in [0.05, 0.1) is 0 Å². The summed E-state index contributed by atoms with van der Waals surface area (Å²) in [6.45, 7) is 7.95. The van der Waals surface area contributed by atoms with Crippen LogP contribution in [0.1, 0.15) is 33.1 Å². The zero-order valence-corrected chi connectivity index (χ0v) is 16.1. The quantitative estimate of drug-likeness (QED) is 0.359. The molecule has 128 valence electrons. The molecule has 0 radical (unpaired) electrons. The van der Waals surface area contributed by atoms with Crippen LogP contribution >= 0.6 is 22.6 Å². The summed E-state index contributed by atoms with van der Waals surface area (Å²) >= 11 is 2.19. The Balaban J connectivity index is 2.27. The van der Waals surface area contributed by atoms with E-state index in [0.717, 1.165) is 42.5 Å². The van der Waals surface area contributed by atoms with Gasteiger partial charge in [0.1, 0.15) is 0 Å². The topological polar surface area (TPSA) is 61.4 Å². The summed E-state index contributed by atoms with van der Waals surface area (Å²) in [4.78, 5) is 26.0. The molecule has 0 unspecified atom stereocenters. The van der Waals surface area contributed by atoms with Crippen molar-refractivity contribution in [3.8, 4) is 0 Å². The van der Waals surface area contributed by atoms with Gasteiger partial charge in [-0.1, -0.05) is 13.8 Å². The SMILES string of the molecule is CCCN(CCC)CCCNC(=O)C(=O)Nc1ccc(I)cc1. The first kappa shape index (κ1) is 19.9. The molecule has 0 aromatic heterocycles. The Morgan fingerprint density at radius 2 is 1.61 bits per heavy atom. The monoisotopic (exact) mass is 431 g/mol. The summed E-state index contributed by atoms with van der Waals surface area (Å²) in [5, 5.41) is 5.27. The molecule has 0 aliphatic rings. The highest BCUT2D eigenvalue weighted by Gasteiger charge is 2.13. The van der Waals surface area contributed by atoms with Crippen molar-refractivity contribution in [2.24, 2.45) is 0 Å². The Labute approximate surface area is 152 Å². The molecule has 0 saturated heterocycles. The number of halogens is 1. The maximum absolute atomic E-state index is 11.8. The van der Waals surface area contributed by atoms with Crippen molar-refractivity contribution in [1.82, 2.24) is 10.2 Å². The van der Waals surface area contributed by atoms with E-state index in [0.29, 0.717) is 12.2 Å². The summed E-state index contributed by atoms with van der Waals surface area (Å²) < 4.78 is 1.08. The molecule has 2 amide bonds. The van der Waals surface area contributed by atoms with E-state index in [1.165, 1.54) is 0 Å². The molecular formula is C17H26IN3O2. The van der Waals surface area contributed by atoms with Crippen molar-refractivity contribution < 1.29 is 9.59 Å². The Morgan fingerprint density at radius 3 is 2.17 bits per heavy atom. The van der Waals surface area contributed by atoms with Gasteiger partial charge in [-0.25, -0.2) is 0 Å². The zero-order valence-electron chi connectivity index (χ0n) is 13.9. The van der Waals surface area contributed by atoms with E-state index in [1.54, 1.807) is 12.1 Å². The van der Waals surface area contributed by atoms with Crippen molar-refractivity contribution in [1.29, 1.82) is 0 Å². The highest BCUT2D eigenvalue weighted by atomic mass is 127. The Hall–Kier alpha value is -1.15. The van der Waals surface area contributed by atoms with Crippen LogP contribution < -0.4 is 10.6 Å². The number of carbonyl (C=O) groups is 2. The van der Waals surface area contributed by atoms with Crippen molar-refractivity contribution >= 4 is 40.1 Å². The molecule has 0 saturated carbocycles. The van der Waals surface area contributed by atoms with Gasteiger partial charge in [-0.05, 0) is 85.8 Å². The van der Waals surface area contributed by atoms with E-state index in [2.05, 4.69) is 52.0 Å². The van der Waals surface area contributed by atoms with Crippen molar-refractivity contribution in [2.75, 3.05) is 31.5 Å². The van der Waals surface area contributed by atoms with Gasteiger partial charge in [0.25, 0.3) is 0 Å². The number of benzene rings is 1. The second kappa shape index (κ2) is 11.4. The minimum atomic E-state index is -0.620. The highest BCUT2D eigenvalue weighted by Crippen LogP contribution is 2.10. The number of carbonyl (C=O) groups excluding carboxylic acids is 2. The minimum absolute atomic E-state index is 0.517. The van der Waals surface area contributed by atoms with E-state index in [9.17, 15) is 9.59 Å². The summed E-state index contributed by atoms with van der Waals surface area (Å²) in [5.74, 6) is -1.20. The van der Waals surface area contributed by atoms with Gasteiger partial charge in [-0.15, -0.1) is 0 Å². The number of nitrogens with one attached hydrogen (secondary N) is 2. The number of nitrogens with zero attached hydrogens (tertiary/aromatic N) is 1. The van der Waals surface area contributed by atoms with Gasteiger partial charge >= 0.3 is 11.8 Å². The van der Waals surface area contributed by atoms with Gasteiger partial charge in [0.15, 0.2) is 0 Å². The molecule has 0 heterocycles. The second-order valence-electron chi connectivity index (χ2n) is 5.41. The molecule has 1 rings (SSSR count). The van der Waals surface area contributed by atoms with Gasteiger partial charge in [-0.2, -0.15) is 0 Å². The van der Waals surface area contributed by atoms with E-state index < -0.39 is 11.8 Å². The fraction of sp³-hybridized carbons (Fsp3) is 0.529. The molecule has 2 N–H and O–H groups in total. The molecule has 0 bridgehead atoms. The van der Waals surface area contributed by atoms with Crippen LogP contribution in [-0.4, -0.2) is 42.9 Å². The van der Waals surface area contributed by atoms with E-state index in [-0.39, 0.29) is 0 Å². The molecule has 0 fully saturated rings. The molecule has 23 heavy (non-hydrogen) atoms. The maximum atomic E-state index is 11.8. The lowest BCUT2D eigenvalue weighted by Gasteiger charge is -2.20. The lowest BCUT2D eigenvalue weighted by molar-refractivity contribution is -0.136. The van der Waals surface area contributed by atoms with Gasteiger partial charge in [-0.3, -0.25) is 9.59 Å². The van der Waals surface area contributed by atoms with Crippen LogP contribution in [0.3, 0.4) is 0 Å². The van der Waals surface area contributed by atoms with Crippen LogP contribution in [0.4, 0.5) is 5.69 Å². The molecule has 0 spiro atoms. The normalized spacial score (nSPS) is 10.6. The third-order valence-electron chi connectivity index (χ3n) is 3.32. The lowest BCUT2D eigenvalue weighted by Crippen LogP contribution is -2.37. The first-order valence-electron chi connectivity index (χ1n) is 8.14. The predicted octanol–water partition coefficient (Wildman–Crippen LogP) is 2.86. The second-order valence-corrected chi connectivity index (χ2v) is 6.66. The fourth-order valence-electron chi connectivity index (χ4n) is 2.27. The average Bonchev–Trinajstić information content (AvgIpc) is 2.53. The van der Waals surface area contributed by atoms with Crippen LogP contribution in [0.5, 0.6) is 0 Å². The van der Waals surface area contributed by atoms with Gasteiger partial charge in [0.2, 0.25) is 0 Å². The van der Waals surface area contributed by atoms with Crippen LogP contribution in [0.2, 0.25) is 0 Å². The van der Waals surface area contributed by atoms with Crippen LogP contribution in [0.15, 0.2) is 24.3 Å². The first-order valence-corrected chi connectivity index (χ1v) is 9.21. The van der Waals surface area contributed by atoms with E-state index in [4.69, 9.17) is 0 Å². The van der Waals surface area contributed by atoms with Crippen LogP contribution in [0, 0.1) is 3.57 Å². The molecule has 6 heteroatoms. The number of rotatable bonds is 9. The lowest BCUT2D eigenvalue weighted by atomic mass is 10.3. The molecular weight excluding hydrogens is 405 g/mol. The average molecular weight is 431 g/mol. The van der Waals surface area contributed by atoms with Crippen molar-refractivity contribution in [2.45, 2.75) is 33.1 Å². The molecule has 0 aliphatic carbocycles. The number of hydrogen-bond donors (Lipinski definition) is 2. The predicted molar refractivity (Wildman–Crippen MR) is 102 cm³/mol. The summed E-state index contributed by atoms with van der Waals surface area (Å²) in [5.41, 5.74) is 0.627. The smallest absolute Gasteiger partial charge is 0.313 e. The number of amides is 2. The van der Waals surface area contributed by atoms with Crippen LogP contribution in [-0.2, 0) is 9.59 Å². The van der Waals surface area contributed by atoms with Gasteiger partial charge in [0, 0.05) is 15.8 Å². The molecule has 1 aromatic rings. The van der Waals surface area contributed by atoms with E-state index in [1.807, 2.05) is 12.1 Å². The maximum Gasteiger partial charge on any atom is 0.313 e. The van der Waals surface area contributed by atoms with Crippen LogP contribution in [0.25, 0.3) is 0 Å². The standard InChI is InChI=1S/C17H26IN3O2/c1-3-11-21(12-4-2)13-5-10-19-16(22)17(23)20-15-8-6-14(18)7-9-15/h6-9H,3-5,10-13H2,1-2H3,(H,19,22)(H,20,23). The molecule has 0 atom stereocenters. The number of hydrogen-bond acceptors (Lipinski definition) is 3. The third-order valence-corrected chi connectivity index (χ3v) is 4.04. The Bertz CT molecular complexity index is 485. The Kier molecular flexibility index (Phi) is 9.86. The molecule has 0 aliphatic heterocycles. The summed E-state index contributed by atoms with van der Waals surface area (Å²) in [7, 11) is 0. The van der Waals surface area contributed by atoms with Crippen molar-refractivity contribution in [3.05, 3.63) is 27.8 Å². The molecule has 5 nitrogen and oxygen atoms in total. The minimum Gasteiger partial charge on any atom is -0.348 e. The number of anilines is 1. The van der Waals surface area contributed by atoms with E-state index >= 15 is 0 Å². The summed E-state index contributed by atoms with van der Waals surface area (Å²) in [6.07, 6.45) is 3.11. The third kappa shape index (κ3) is 8.31. The van der Waals surface area contributed by atoms with Gasteiger partial charge < -0.3 is 15.5 Å².